The Kier molecular flexibility index (Phi) is 5.36. The number of hydrogen-bond acceptors (Lipinski definition) is 3. The highest BCUT2D eigenvalue weighted by molar-refractivity contribution is 5.94. The summed E-state index contributed by atoms with van der Waals surface area (Å²) in [5, 5.41) is 5.49. The summed E-state index contributed by atoms with van der Waals surface area (Å²) in [6.45, 7) is 5.10. The van der Waals surface area contributed by atoms with E-state index >= 15 is 0 Å². The molecule has 0 saturated carbocycles. The molecule has 0 aromatic heterocycles. The van der Waals surface area contributed by atoms with Gasteiger partial charge in [-0.05, 0) is 55.8 Å². The minimum Gasteiger partial charge on any atom is -0.481 e. The quantitative estimate of drug-likeness (QED) is 0.889. The molecule has 0 bridgehead atoms. The van der Waals surface area contributed by atoms with Crippen LogP contribution < -0.4 is 15.4 Å². The topological polar surface area (TPSA) is 67.4 Å². The van der Waals surface area contributed by atoms with Crippen LogP contribution in [0.1, 0.15) is 19.4 Å². The van der Waals surface area contributed by atoms with Gasteiger partial charge in [0.2, 0.25) is 5.91 Å². The fourth-order valence-corrected chi connectivity index (χ4v) is 2.04. The number of rotatable bonds is 5. The maximum absolute atomic E-state index is 12.1. The minimum atomic E-state index is -0.637. The zero-order chi connectivity index (χ0) is 16.8. The molecule has 2 aromatic carbocycles. The summed E-state index contributed by atoms with van der Waals surface area (Å²) in [4.78, 5) is 23.1. The van der Waals surface area contributed by atoms with Gasteiger partial charge in [-0.1, -0.05) is 12.1 Å². The largest absolute Gasteiger partial charge is 0.481 e. The monoisotopic (exact) mass is 312 g/mol. The molecule has 0 aliphatic carbocycles. The summed E-state index contributed by atoms with van der Waals surface area (Å²) in [5.74, 6) is 0.206. The molecule has 120 valence electrons. The fraction of sp³-hybridized carbons (Fsp3) is 0.222. The van der Waals surface area contributed by atoms with Crippen LogP contribution in [0.4, 0.5) is 11.4 Å². The van der Waals surface area contributed by atoms with Gasteiger partial charge in [-0.2, -0.15) is 0 Å². The summed E-state index contributed by atoms with van der Waals surface area (Å²) in [5.41, 5.74) is 2.50. The van der Waals surface area contributed by atoms with E-state index in [0.29, 0.717) is 11.4 Å². The smallest absolute Gasteiger partial charge is 0.265 e. The first kappa shape index (κ1) is 16.5. The molecule has 5 nitrogen and oxygen atoms in total. The Bertz CT molecular complexity index is 696. The standard InChI is InChI=1S/C18H20N2O3/c1-12-5-4-6-16(11-12)20-18(22)13(2)23-17-9-7-15(8-10-17)19-14(3)21/h4-11,13H,1-3H3,(H,19,21)(H,20,22). The van der Waals surface area contributed by atoms with Crippen LogP contribution in [0.5, 0.6) is 5.75 Å². The third-order valence-corrected chi connectivity index (χ3v) is 3.14. The Labute approximate surface area is 135 Å². The Hall–Kier alpha value is -2.82. The first-order valence-electron chi connectivity index (χ1n) is 7.36. The Morgan fingerprint density at radius 3 is 2.30 bits per heavy atom. The Morgan fingerprint density at radius 2 is 1.70 bits per heavy atom. The van der Waals surface area contributed by atoms with Gasteiger partial charge in [-0.3, -0.25) is 9.59 Å². The zero-order valence-corrected chi connectivity index (χ0v) is 13.4. The second-order valence-corrected chi connectivity index (χ2v) is 5.32. The number of carbonyl (C=O) groups excluding carboxylic acids is 2. The first-order valence-corrected chi connectivity index (χ1v) is 7.36. The molecule has 0 saturated heterocycles. The van der Waals surface area contributed by atoms with E-state index in [1.807, 2.05) is 31.2 Å². The van der Waals surface area contributed by atoms with Crippen LogP contribution >= 0.6 is 0 Å². The minimum absolute atomic E-state index is 0.135. The number of carbonyl (C=O) groups is 2. The van der Waals surface area contributed by atoms with E-state index in [0.717, 1.165) is 11.3 Å². The molecule has 0 aliphatic rings. The van der Waals surface area contributed by atoms with Crippen molar-refractivity contribution in [3.63, 3.8) is 0 Å². The van der Waals surface area contributed by atoms with Crippen LogP contribution in [0.25, 0.3) is 0 Å². The van der Waals surface area contributed by atoms with E-state index in [-0.39, 0.29) is 11.8 Å². The van der Waals surface area contributed by atoms with Gasteiger partial charge in [0.25, 0.3) is 5.91 Å². The Balaban J connectivity index is 1.94. The number of aryl methyl sites for hydroxylation is 1. The average Bonchev–Trinajstić information content (AvgIpc) is 2.48. The van der Waals surface area contributed by atoms with Gasteiger partial charge in [0, 0.05) is 18.3 Å². The van der Waals surface area contributed by atoms with Crippen molar-refractivity contribution in [2.75, 3.05) is 10.6 Å². The van der Waals surface area contributed by atoms with E-state index < -0.39 is 6.10 Å². The molecule has 0 radical (unpaired) electrons. The van der Waals surface area contributed by atoms with E-state index in [1.165, 1.54) is 6.92 Å². The molecule has 1 atom stereocenters. The normalized spacial score (nSPS) is 11.4. The van der Waals surface area contributed by atoms with Crippen molar-refractivity contribution in [3.8, 4) is 5.75 Å². The SMILES string of the molecule is CC(=O)Nc1ccc(OC(C)C(=O)Nc2cccc(C)c2)cc1. The molecule has 1 unspecified atom stereocenters. The summed E-state index contributed by atoms with van der Waals surface area (Å²) in [6, 6.07) is 14.4. The second-order valence-electron chi connectivity index (χ2n) is 5.32. The van der Waals surface area contributed by atoms with E-state index in [1.54, 1.807) is 31.2 Å². The highest BCUT2D eigenvalue weighted by Gasteiger charge is 2.15. The second kappa shape index (κ2) is 7.45. The molecule has 0 spiro atoms. The lowest BCUT2D eigenvalue weighted by Crippen LogP contribution is -2.30. The van der Waals surface area contributed by atoms with Gasteiger partial charge >= 0.3 is 0 Å². The molecule has 23 heavy (non-hydrogen) atoms. The van der Waals surface area contributed by atoms with Crippen LogP contribution in [-0.2, 0) is 9.59 Å². The Morgan fingerprint density at radius 1 is 1.00 bits per heavy atom. The molecular weight excluding hydrogens is 292 g/mol. The maximum atomic E-state index is 12.1. The molecule has 2 amide bonds. The van der Waals surface area contributed by atoms with Crippen LogP contribution in [0.3, 0.4) is 0 Å². The lowest BCUT2D eigenvalue weighted by atomic mass is 10.2. The molecule has 2 rings (SSSR count). The highest BCUT2D eigenvalue weighted by Crippen LogP contribution is 2.18. The number of benzene rings is 2. The van der Waals surface area contributed by atoms with Gasteiger partial charge in [0.15, 0.2) is 6.10 Å². The summed E-state index contributed by atoms with van der Waals surface area (Å²) < 4.78 is 5.61. The zero-order valence-electron chi connectivity index (χ0n) is 13.4. The number of nitrogens with one attached hydrogen (secondary N) is 2. The molecule has 2 aromatic rings. The van der Waals surface area contributed by atoms with Gasteiger partial charge in [0.1, 0.15) is 5.75 Å². The van der Waals surface area contributed by atoms with E-state index in [9.17, 15) is 9.59 Å². The third-order valence-electron chi connectivity index (χ3n) is 3.14. The van der Waals surface area contributed by atoms with Crippen molar-refractivity contribution in [2.24, 2.45) is 0 Å². The molecule has 0 aliphatic heterocycles. The van der Waals surface area contributed by atoms with Crippen LogP contribution in [-0.4, -0.2) is 17.9 Å². The number of anilines is 2. The van der Waals surface area contributed by atoms with Gasteiger partial charge < -0.3 is 15.4 Å². The third kappa shape index (κ3) is 5.14. The summed E-state index contributed by atoms with van der Waals surface area (Å²) >= 11 is 0. The summed E-state index contributed by atoms with van der Waals surface area (Å²) in [6.07, 6.45) is -0.637. The average molecular weight is 312 g/mol. The molecule has 0 fully saturated rings. The maximum Gasteiger partial charge on any atom is 0.265 e. The summed E-state index contributed by atoms with van der Waals surface area (Å²) in [7, 11) is 0. The first-order chi connectivity index (χ1) is 10.9. The number of hydrogen-bond donors (Lipinski definition) is 2. The fourth-order valence-electron chi connectivity index (χ4n) is 2.04. The predicted molar refractivity (Wildman–Crippen MR) is 90.6 cm³/mol. The molecule has 5 heteroatoms. The molecular formula is C18H20N2O3. The number of amides is 2. The lowest BCUT2D eigenvalue weighted by Gasteiger charge is -2.15. The lowest BCUT2D eigenvalue weighted by molar-refractivity contribution is -0.122. The van der Waals surface area contributed by atoms with Crippen molar-refractivity contribution in [1.29, 1.82) is 0 Å². The van der Waals surface area contributed by atoms with Gasteiger partial charge in [-0.25, -0.2) is 0 Å². The molecule has 0 heterocycles. The van der Waals surface area contributed by atoms with Gasteiger partial charge in [-0.15, -0.1) is 0 Å². The predicted octanol–water partition coefficient (Wildman–Crippen LogP) is 3.36. The van der Waals surface area contributed by atoms with Gasteiger partial charge in [0.05, 0.1) is 0 Å². The van der Waals surface area contributed by atoms with E-state index in [4.69, 9.17) is 4.74 Å². The van der Waals surface area contributed by atoms with Crippen LogP contribution in [0.15, 0.2) is 48.5 Å². The van der Waals surface area contributed by atoms with Crippen molar-refractivity contribution < 1.29 is 14.3 Å². The van der Waals surface area contributed by atoms with Crippen molar-refractivity contribution in [3.05, 3.63) is 54.1 Å². The van der Waals surface area contributed by atoms with Crippen LogP contribution in [0, 0.1) is 6.92 Å². The number of ether oxygens (including phenoxy) is 1. The van der Waals surface area contributed by atoms with Crippen molar-refractivity contribution >= 4 is 23.2 Å². The van der Waals surface area contributed by atoms with Crippen molar-refractivity contribution in [1.82, 2.24) is 0 Å². The highest BCUT2D eigenvalue weighted by atomic mass is 16.5. The molecule has 2 N–H and O–H groups in total. The van der Waals surface area contributed by atoms with E-state index in [2.05, 4.69) is 10.6 Å². The van der Waals surface area contributed by atoms with Crippen LogP contribution in [0.2, 0.25) is 0 Å². The van der Waals surface area contributed by atoms with Crippen molar-refractivity contribution in [2.45, 2.75) is 26.9 Å².